The number of fused-ring (bicyclic) bond motifs is 3. The predicted octanol–water partition coefficient (Wildman–Crippen LogP) is 1.40. The van der Waals surface area contributed by atoms with Gasteiger partial charge in [0.1, 0.15) is 0 Å². The van der Waals surface area contributed by atoms with Gasteiger partial charge in [0.15, 0.2) is 0 Å². The van der Waals surface area contributed by atoms with E-state index in [4.69, 9.17) is 0 Å². The molecule has 1 atom stereocenters. The number of benzene rings is 3. The van der Waals surface area contributed by atoms with Crippen LogP contribution in [0, 0.1) is 0 Å². The number of hydrogen-bond acceptors (Lipinski definition) is 0. The number of hydrogen-bond donors (Lipinski definition) is 0. The number of allylic oxidation sites excluding steroid dienone is 5. The molecule has 3 aromatic carbocycles. The summed E-state index contributed by atoms with van der Waals surface area (Å²) < 4.78 is 6.54. The van der Waals surface area contributed by atoms with Crippen molar-refractivity contribution in [3.05, 3.63) is 121 Å². The van der Waals surface area contributed by atoms with Crippen LogP contribution in [-0.2, 0) is 20.0 Å². The van der Waals surface area contributed by atoms with E-state index in [2.05, 4.69) is 114 Å². The molecule has 3 aromatic rings. The van der Waals surface area contributed by atoms with Crippen LogP contribution < -0.4 is 28.1 Å². The van der Waals surface area contributed by atoms with E-state index in [1.54, 1.807) is 6.65 Å². The van der Waals surface area contributed by atoms with Crippen LogP contribution in [0.1, 0.15) is 41.0 Å². The summed E-state index contributed by atoms with van der Waals surface area (Å²) in [5.41, 5.74) is 5.96. The third-order valence-electron chi connectivity index (χ3n) is 6.68. The summed E-state index contributed by atoms with van der Waals surface area (Å²) in [5, 5.41) is 0. The topological polar surface area (TPSA) is 0 Å². The van der Waals surface area contributed by atoms with Crippen molar-refractivity contribution in [2.75, 3.05) is 0 Å². The summed E-state index contributed by atoms with van der Waals surface area (Å²) in [6, 6.07) is 29.8. The molecule has 0 heterocycles. The molecule has 2 aliphatic rings. The minimum absolute atomic E-state index is 0. The van der Waals surface area contributed by atoms with Gasteiger partial charge < -0.3 is 24.8 Å². The van der Waals surface area contributed by atoms with Crippen LogP contribution in [0.3, 0.4) is 0 Å². The van der Waals surface area contributed by atoms with Crippen molar-refractivity contribution in [1.29, 1.82) is 0 Å². The average molecular weight is 626 g/mol. The molecule has 3 heteroatoms. The van der Waals surface area contributed by atoms with Crippen molar-refractivity contribution in [2.45, 2.75) is 29.9 Å². The van der Waals surface area contributed by atoms with Crippen LogP contribution in [0.25, 0.3) is 11.1 Å². The Morgan fingerprint density at radius 3 is 1.97 bits per heavy atom. The van der Waals surface area contributed by atoms with E-state index in [9.17, 15) is 0 Å². The maximum absolute atomic E-state index is 3.45. The van der Waals surface area contributed by atoms with Crippen LogP contribution in [-0.4, -0.2) is 0 Å². The molecule has 1 unspecified atom stereocenters. The quantitative estimate of drug-likeness (QED) is 0.364. The molecule has 0 bridgehead atoms. The molecule has 0 N–H and O–H groups in total. The fraction of sp³-hybridized carbons (Fsp3) is 0.172. The second kappa shape index (κ2) is 11.0. The van der Waals surface area contributed by atoms with E-state index in [0.29, 0.717) is 3.67 Å². The van der Waals surface area contributed by atoms with Gasteiger partial charge in [0.2, 0.25) is 0 Å². The van der Waals surface area contributed by atoms with E-state index < -0.39 is 20.0 Å². The van der Waals surface area contributed by atoms with Gasteiger partial charge in [-0.25, -0.2) is 0 Å². The Labute approximate surface area is 209 Å². The maximum atomic E-state index is 2.74. The molecule has 0 spiro atoms. The molecule has 0 fully saturated rings. The Morgan fingerprint density at radius 1 is 0.812 bits per heavy atom. The van der Waals surface area contributed by atoms with Crippen LogP contribution >= 0.6 is 0 Å². The summed E-state index contributed by atoms with van der Waals surface area (Å²) in [7, 11) is 0. The summed E-state index contributed by atoms with van der Waals surface area (Å²) in [6.07, 6.45) is 13.1. The number of rotatable bonds is 6. The monoisotopic (exact) mass is 626 g/mol. The van der Waals surface area contributed by atoms with E-state index in [-0.39, 0.29) is 24.8 Å². The number of halogens is 2. The molecule has 0 saturated carbocycles. The van der Waals surface area contributed by atoms with Crippen LogP contribution in [0.2, 0.25) is 0 Å². The fourth-order valence-electron chi connectivity index (χ4n) is 5.39. The summed E-state index contributed by atoms with van der Waals surface area (Å²) in [6.45, 7) is 2.28. The standard InChI is InChI=1S/C13H9.C6H5.C5H5.C5H9.2ClH.Hf/c1-3-7-12-10(5-1)9-11-6-2-4-8-13(11)12;1-2-4-6-5-3-1;1-2-4-5-3-1;1-3-5-4-2;;;/h1-9H;1-5H;1-3H,4H2;1,3H,4-5H2,2H3;2*1H;/q;;;;;;+2/p-2. The minimum atomic E-state index is -3.45. The van der Waals surface area contributed by atoms with Crippen molar-refractivity contribution in [1.82, 2.24) is 0 Å². The smallest absolute Gasteiger partial charge is 1.00 e. The summed E-state index contributed by atoms with van der Waals surface area (Å²) in [5.74, 6) is 0. The zero-order chi connectivity index (χ0) is 20.4. The van der Waals surface area contributed by atoms with Gasteiger partial charge >= 0.3 is 186 Å². The van der Waals surface area contributed by atoms with E-state index in [1.165, 1.54) is 28.7 Å². The molecule has 0 nitrogen and oxygen atoms in total. The molecular formula is C29H28Cl2Hf. The fourth-order valence-corrected chi connectivity index (χ4v) is 24.3. The van der Waals surface area contributed by atoms with Gasteiger partial charge in [0, 0.05) is 0 Å². The first-order valence-corrected chi connectivity index (χ1v) is 18.9. The second-order valence-electron chi connectivity index (χ2n) is 8.36. The number of unbranched alkanes of at least 4 members (excludes halogenated alkanes) is 1. The van der Waals surface area contributed by atoms with Crippen LogP contribution in [0.15, 0.2) is 110 Å². The minimum Gasteiger partial charge on any atom is -1.00 e. The van der Waals surface area contributed by atoms with Gasteiger partial charge in [-0.1, -0.05) is 0 Å². The Bertz CT molecular complexity index is 1100. The largest absolute Gasteiger partial charge is 1.00 e. The van der Waals surface area contributed by atoms with Crippen molar-refractivity contribution in [3.8, 4) is 11.1 Å². The molecule has 0 aromatic heterocycles. The molecule has 162 valence electrons. The molecular weight excluding hydrogens is 598 g/mol. The Balaban J connectivity index is 0.00000144. The predicted molar refractivity (Wildman–Crippen MR) is 126 cm³/mol. The van der Waals surface area contributed by atoms with Gasteiger partial charge in [-0.05, 0) is 0 Å². The second-order valence-corrected chi connectivity index (χ2v) is 22.3. The Hall–Kier alpha value is -1.67. The van der Waals surface area contributed by atoms with Crippen molar-refractivity contribution in [2.24, 2.45) is 0 Å². The van der Waals surface area contributed by atoms with E-state index in [1.807, 2.05) is 0 Å². The molecule has 2 aliphatic carbocycles. The summed E-state index contributed by atoms with van der Waals surface area (Å²) >= 11 is -3.45. The normalized spacial score (nSPS) is 15.0. The third-order valence-corrected chi connectivity index (χ3v) is 24.7. The van der Waals surface area contributed by atoms with Gasteiger partial charge in [-0.15, -0.1) is 0 Å². The maximum Gasteiger partial charge on any atom is -1.00 e. The first-order chi connectivity index (χ1) is 14.9. The van der Waals surface area contributed by atoms with Gasteiger partial charge in [-0.2, -0.15) is 0 Å². The Kier molecular flexibility index (Phi) is 8.56. The van der Waals surface area contributed by atoms with Crippen molar-refractivity contribution < 1.29 is 44.8 Å². The molecule has 0 radical (unpaired) electrons. The summed E-state index contributed by atoms with van der Waals surface area (Å²) in [4.78, 5) is 0. The molecule has 0 amide bonds. The Morgan fingerprint density at radius 2 is 1.41 bits per heavy atom. The molecule has 0 saturated heterocycles. The first kappa shape index (κ1) is 25.0. The molecule has 5 rings (SSSR count). The van der Waals surface area contributed by atoms with Gasteiger partial charge in [-0.3, -0.25) is 0 Å². The third kappa shape index (κ3) is 4.16. The zero-order valence-electron chi connectivity index (χ0n) is 18.3. The van der Waals surface area contributed by atoms with Gasteiger partial charge in [0.05, 0.1) is 0 Å². The van der Waals surface area contributed by atoms with Crippen molar-refractivity contribution >= 4 is 3.32 Å². The van der Waals surface area contributed by atoms with Crippen molar-refractivity contribution in [3.63, 3.8) is 0 Å². The van der Waals surface area contributed by atoms with E-state index in [0.717, 1.165) is 12.8 Å². The molecule has 32 heavy (non-hydrogen) atoms. The van der Waals surface area contributed by atoms with E-state index >= 15 is 0 Å². The van der Waals surface area contributed by atoms with Crippen LogP contribution in [0.4, 0.5) is 0 Å². The zero-order valence-corrected chi connectivity index (χ0v) is 23.5. The molecule has 0 aliphatic heterocycles. The van der Waals surface area contributed by atoms with Gasteiger partial charge in [0.25, 0.3) is 0 Å². The first-order valence-electron chi connectivity index (χ1n) is 11.1. The van der Waals surface area contributed by atoms with Crippen LogP contribution in [0.5, 0.6) is 0 Å². The SMILES string of the molecule is CCCC=[CH][Hf+2]([C]1=CC=CC1)([c]1ccccc1)[CH]1c2ccccc2-c2ccccc21.[Cl-].[Cl-]. The average Bonchev–Trinajstić information content (AvgIpc) is 3.45.